The number of ether oxygens (including phenoxy) is 1. The number of phenols is 1. The number of phenolic OH excluding ortho intramolecular Hbond substituents is 1. The summed E-state index contributed by atoms with van der Waals surface area (Å²) in [6.45, 7) is 0.352. The SMILES string of the molecule is COc1ccc(C(=O)N(CCC(N)=NO)C2CC2)c(O)c1. The highest BCUT2D eigenvalue weighted by atomic mass is 16.5. The lowest BCUT2D eigenvalue weighted by Crippen LogP contribution is -2.36. The number of rotatable bonds is 6. The Bertz CT molecular complexity index is 555. The smallest absolute Gasteiger partial charge is 0.257 e. The minimum Gasteiger partial charge on any atom is -0.507 e. The van der Waals surface area contributed by atoms with Gasteiger partial charge in [0.2, 0.25) is 0 Å². The van der Waals surface area contributed by atoms with Crippen LogP contribution in [0.25, 0.3) is 0 Å². The first-order valence-electron chi connectivity index (χ1n) is 6.71. The van der Waals surface area contributed by atoms with Crippen molar-refractivity contribution in [1.82, 2.24) is 4.90 Å². The van der Waals surface area contributed by atoms with E-state index in [1.165, 1.54) is 19.2 Å². The maximum Gasteiger partial charge on any atom is 0.257 e. The zero-order valence-electron chi connectivity index (χ0n) is 11.8. The third kappa shape index (κ3) is 3.56. The van der Waals surface area contributed by atoms with E-state index in [9.17, 15) is 9.90 Å². The van der Waals surface area contributed by atoms with Crippen molar-refractivity contribution < 1.29 is 19.8 Å². The molecule has 0 unspecified atom stereocenters. The van der Waals surface area contributed by atoms with Crippen LogP contribution in [-0.4, -0.2) is 46.7 Å². The molecule has 0 heterocycles. The third-order valence-corrected chi connectivity index (χ3v) is 3.42. The van der Waals surface area contributed by atoms with Crippen molar-refractivity contribution in [3.05, 3.63) is 23.8 Å². The van der Waals surface area contributed by atoms with Crippen molar-refractivity contribution >= 4 is 11.7 Å². The highest BCUT2D eigenvalue weighted by Gasteiger charge is 2.33. The van der Waals surface area contributed by atoms with Crippen LogP contribution in [0.15, 0.2) is 23.4 Å². The van der Waals surface area contributed by atoms with Crippen LogP contribution >= 0.6 is 0 Å². The van der Waals surface area contributed by atoms with Crippen LogP contribution in [0.4, 0.5) is 0 Å². The highest BCUT2D eigenvalue weighted by molar-refractivity contribution is 5.97. The van der Waals surface area contributed by atoms with E-state index >= 15 is 0 Å². The predicted octanol–water partition coefficient (Wildman–Crippen LogP) is 1.14. The summed E-state index contributed by atoms with van der Waals surface area (Å²) in [6, 6.07) is 4.73. The predicted molar refractivity (Wildman–Crippen MR) is 76.7 cm³/mol. The fourth-order valence-corrected chi connectivity index (χ4v) is 2.10. The number of hydrogen-bond acceptors (Lipinski definition) is 5. The van der Waals surface area contributed by atoms with Crippen molar-refractivity contribution in [2.24, 2.45) is 10.9 Å². The van der Waals surface area contributed by atoms with Crippen molar-refractivity contribution in [1.29, 1.82) is 0 Å². The normalized spacial score (nSPS) is 14.8. The van der Waals surface area contributed by atoms with Gasteiger partial charge < -0.3 is 25.7 Å². The quantitative estimate of drug-likeness (QED) is 0.315. The first-order chi connectivity index (χ1) is 10.1. The molecule has 4 N–H and O–H groups in total. The summed E-state index contributed by atoms with van der Waals surface area (Å²) in [6.07, 6.45) is 2.15. The molecule has 1 aromatic carbocycles. The molecular weight excluding hydrogens is 274 g/mol. The van der Waals surface area contributed by atoms with Gasteiger partial charge in [0.1, 0.15) is 17.3 Å². The molecule has 7 nitrogen and oxygen atoms in total. The number of hydrogen-bond donors (Lipinski definition) is 3. The second kappa shape index (κ2) is 6.34. The largest absolute Gasteiger partial charge is 0.507 e. The first-order valence-corrected chi connectivity index (χ1v) is 6.71. The van der Waals surface area contributed by atoms with Gasteiger partial charge in [-0.2, -0.15) is 0 Å². The van der Waals surface area contributed by atoms with Crippen LogP contribution in [0.2, 0.25) is 0 Å². The zero-order valence-corrected chi connectivity index (χ0v) is 11.8. The minimum atomic E-state index is -0.261. The van der Waals surface area contributed by atoms with Crippen LogP contribution in [0.5, 0.6) is 11.5 Å². The Balaban J connectivity index is 2.14. The molecule has 0 saturated heterocycles. The molecule has 2 rings (SSSR count). The van der Waals surface area contributed by atoms with Crippen LogP contribution < -0.4 is 10.5 Å². The Hall–Kier alpha value is -2.44. The standard InChI is InChI=1S/C14H19N3O4/c1-21-10-4-5-11(12(18)8-10)14(19)17(9-2-3-9)7-6-13(15)16-20/h4-5,8-9,18,20H,2-3,6-7H2,1H3,(H2,15,16). The Kier molecular flexibility index (Phi) is 4.52. The van der Waals surface area contributed by atoms with E-state index < -0.39 is 0 Å². The van der Waals surface area contributed by atoms with E-state index in [2.05, 4.69) is 5.16 Å². The van der Waals surface area contributed by atoms with Gasteiger partial charge in [0.05, 0.1) is 12.7 Å². The van der Waals surface area contributed by atoms with E-state index in [0.717, 1.165) is 12.8 Å². The molecule has 0 aromatic heterocycles. The zero-order chi connectivity index (χ0) is 15.4. The summed E-state index contributed by atoms with van der Waals surface area (Å²) >= 11 is 0. The third-order valence-electron chi connectivity index (χ3n) is 3.42. The minimum absolute atomic E-state index is 0.0763. The van der Waals surface area contributed by atoms with E-state index in [0.29, 0.717) is 12.3 Å². The van der Waals surface area contributed by atoms with Crippen LogP contribution in [0, 0.1) is 0 Å². The van der Waals surface area contributed by atoms with Crippen molar-refractivity contribution in [2.45, 2.75) is 25.3 Å². The summed E-state index contributed by atoms with van der Waals surface area (Å²) in [7, 11) is 1.49. The summed E-state index contributed by atoms with van der Waals surface area (Å²) < 4.78 is 5.00. The molecule has 1 aliphatic carbocycles. The molecule has 1 aromatic rings. The average molecular weight is 293 g/mol. The van der Waals surface area contributed by atoms with Gasteiger partial charge in [-0.05, 0) is 25.0 Å². The number of methoxy groups -OCH3 is 1. The Morgan fingerprint density at radius 1 is 1.52 bits per heavy atom. The number of carbonyl (C=O) groups excluding carboxylic acids is 1. The summed E-state index contributed by atoms with van der Waals surface area (Å²) in [5.74, 6) is 0.184. The summed E-state index contributed by atoms with van der Waals surface area (Å²) in [4.78, 5) is 14.2. The van der Waals surface area contributed by atoms with Gasteiger partial charge >= 0.3 is 0 Å². The Morgan fingerprint density at radius 3 is 2.76 bits per heavy atom. The number of carbonyl (C=O) groups is 1. The first kappa shape index (κ1) is 15.0. The van der Waals surface area contributed by atoms with E-state index in [1.54, 1.807) is 11.0 Å². The second-order valence-electron chi connectivity index (χ2n) is 4.95. The molecule has 0 spiro atoms. The number of amidine groups is 1. The van der Waals surface area contributed by atoms with Gasteiger partial charge in [-0.15, -0.1) is 0 Å². The molecule has 114 valence electrons. The summed E-state index contributed by atoms with van der Waals surface area (Å²) in [5.41, 5.74) is 5.67. The molecule has 1 saturated carbocycles. The van der Waals surface area contributed by atoms with Gasteiger partial charge in [0, 0.05) is 25.1 Å². The molecule has 0 bridgehead atoms. The van der Waals surface area contributed by atoms with Gasteiger partial charge in [-0.1, -0.05) is 5.16 Å². The van der Waals surface area contributed by atoms with Crippen molar-refractivity contribution in [3.8, 4) is 11.5 Å². The number of oxime groups is 1. The fourth-order valence-electron chi connectivity index (χ4n) is 2.10. The molecule has 1 fully saturated rings. The maximum atomic E-state index is 12.5. The highest BCUT2D eigenvalue weighted by Crippen LogP contribution is 2.31. The molecular formula is C14H19N3O4. The van der Waals surface area contributed by atoms with E-state index in [4.69, 9.17) is 15.7 Å². The molecule has 0 radical (unpaired) electrons. The lowest BCUT2D eigenvalue weighted by atomic mass is 10.1. The molecule has 1 amide bonds. The van der Waals surface area contributed by atoms with Gasteiger partial charge in [0.25, 0.3) is 5.91 Å². The fraction of sp³-hybridized carbons (Fsp3) is 0.429. The van der Waals surface area contributed by atoms with E-state index in [-0.39, 0.29) is 35.5 Å². The van der Waals surface area contributed by atoms with Gasteiger partial charge in [-0.25, -0.2) is 0 Å². The van der Waals surface area contributed by atoms with Crippen molar-refractivity contribution in [2.75, 3.05) is 13.7 Å². The molecule has 7 heteroatoms. The second-order valence-corrected chi connectivity index (χ2v) is 4.95. The van der Waals surface area contributed by atoms with Gasteiger partial charge in [0.15, 0.2) is 0 Å². The van der Waals surface area contributed by atoms with Crippen LogP contribution in [-0.2, 0) is 0 Å². The topological polar surface area (TPSA) is 108 Å². The van der Waals surface area contributed by atoms with E-state index in [1.807, 2.05) is 0 Å². The number of aromatic hydroxyl groups is 1. The Morgan fingerprint density at radius 2 is 2.24 bits per heavy atom. The summed E-state index contributed by atoms with van der Waals surface area (Å²) in [5, 5.41) is 21.4. The molecule has 0 aliphatic heterocycles. The number of nitrogens with two attached hydrogens (primary N) is 1. The molecule has 21 heavy (non-hydrogen) atoms. The Labute approximate surface area is 122 Å². The lowest BCUT2D eigenvalue weighted by Gasteiger charge is -2.22. The van der Waals surface area contributed by atoms with Crippen LogP contribution in [0.1, 0.15) is 29.6 Å². The molecule has 1 aliphatic rings. The molecule has 0 atom stereocenters. The van der Waals surface area contributed by atoms with Crippen LogP contribution in [0.3, 0.4) is 0 Å². The average Bonchev–Trinajstić information content (AvgIpc) is 3.31. The number of nitrogens with zero attached hydrogens (tertiary/aromatic N) is 2. The number of amides is 1. The lowest BCUT2D eigenvalue weighted by molar-refractivity contribution is 0.0744. The monoisotopic (exact) mass is 293 g/mol. The maximum absolute atomic E-state index is 12.5. The van der Waals surface area contributed by atoms with Gasteiger partial charge in [-0.3, -0.25) is 4.79 Å². The number of benzene rings is 1. The van der Waals surface area contributed by atoms with Crippen molar-refractivity contribution in [3.63, 3.8) is 0 Å².